The molecule has 1 N–H and O–H groups in total. The highest BCUT2D eigenvalue weighted by Gasteiger charge is 2.24. The summed E-state index contributed by atoms with van der Waals surface area (Å²) < 4.78 is 11.7. The van der Waals surface area contributed by atoms with E-state index >= 15 is 0 Å². The molecule has 0 aromatic heterocycles. The third kappa shape index (κ3) is 5.47. The summed E-state index contributed by atoms with van der Waals surface area (Å²) in [7, 11) is 1.70. The van der Waals surface area contributed by atoms with E-state index in [4.69, 9.17) is 9.47 Å². The highest BCUT2D eigenvalue weighted by Crippen LogP contribution is 2.35. The number of hydrogen-bond acceptors (Lipinski definition) is 4. The van der Waals surface area contributed by atoms with E-state index < -0.39 is 0 Å². The van der Waals surface area contributed by atoms with E-state index in [0.717, 1.165) is 49.7 Å². The van der Waals surface area contributed by atoms with Crippen molar-refractivity contribution in [1.29, 1.82) is 0 Å². The van der Waals surface area contributed by atoms with Crippen LogP contribution in [0.1, 0.15) is 37.4 Å². The van der Waals surface area contributed by atoms with Gasteiger partial charge < -0.3 is 14.8 Å². The van der Waals surface area contributed by atoms with E-state index in [9.17, 15) is 0 Å². The van der Waals surface area contributed by atoms with Crippen molar-refractivity contribution in [1.82, 2.24) is 10.2 Å². The third-order valence-corrected chi connectivity index (χ3v) is 5.10. The first-order chi connectivity index (χ1) is 13.2. The molecule has 1 aliphatic heterocycles. The molecule has 4 nitrogen and oxygen atoms in total. The summed E-state index contributed by atoms with van der Waals surface area (Å²) in [5, 5.41) is 3.46. The Morgan fingerprint density at radius 1 is 1.00 bits per heavy atom. The molecule has 4 heteroatoms. The molecular formula is C23H32N2O2. The summed E-state index contributed by atoms with van der Waals surface area (Å²) in [5.41, 5.74) is 2.47. The molecule has 0 aliphatic carbocycles. The van der Waals surface area contributed by atoms with Crippen LogP contribution in [0.5, 0.6) is 11.5 Å². The highest BCUT2D eigenvalue weighted by atomic mass is 16.5. The summed E-state index contributed by atoms with van der Waals surface area (Å²) in [6.45, 7) is 9.43. The molecule has 0 bridgehead atoms. The fourth-order valence-electron chi connectivity index (χ4n) is 3.68. The molecule has 1 aliphatic rings. The Hall–Kier alpha value is -2.04. The lowest BCUT2D eigenvalue weighted by atomic mass is 9.94. The summed E-state index contributed by atoms with van der Waals surface area (Å²) in [6, 6.07) is 17.1. The van der Waals surface area contributed by atoms with Gasteiger partial charge in [-0.3, -0.25) is 4.90 Å². The Balaban J connectivity index is 1.82. The van der Waals surface area contributed by atoms with Crippen LogP contribution in [0.3, 0.4) is 0 Å². The average Bonchev–Trinajstić information content (AvgIpc) is 2.71. The van der Waals surface area contributed by atoms with Crippen LogP contribution in [0.25, 0.3) is 0 Å². The third-order valence-electron chi connectivity index (χ3n) is 5.10. The molecular weight excluding hydrogens is 336 g/mol. The van der Waals surface area contributed by atoms with Crippen molar-refractivity contribution in [2.75, 3.05) is 33.3 Å². The topological polar surface area (TPSA) is 33.7 Å². The highest BCUT2D eigenvalue weighted by molar-refractivity contribution is 5.44. The lowest BCUT2D eigenvalue weighted by molar-refractivity contribution is 0.153. The van der Waals surface area contributed by atoms with E-state index in [-0.39, 0.29) is 0 Å². The number of hydrogen-bond donors (Lipinski definition) is 1. The SMILES string of the molecule is COc1ccc([C@H](CC(C)C)N2CCNCC2)cc1OCc1ccccc1. The Morgan fingerprint density at radius 3 is 2.41 bits per heavy atom. The van der Waals surface area contributed by atoms with E-state index in [0.29, 0.717) is 18.6 Å². The summed E-state index contributed by atoms with van der Waals surface area (Å²) in [4.78, 5) is 2.60. The van der Waals surface area contributed by atoms with Gasteiger partial charge in [-0.05, 0) is 35.6 Å². The first kappa shape index (κ1) is 19.7. The van der Waals surface area contributed by atoms with E-state index in [2.05, 4.69) is 48.3 Å². The predicted molar refractivity (Wildman–Crippen MR) is 110 cm³/mol. The molecule has 2 aromatic carbocycles. The van der Waals surface area contributed by atoms with Crippen LogP contribution < -0.4 is 14.8 Å². The standard InChI is InChI=1S/C23H32N2O2/c1-18(2)15-21(25-13-11-24-12-14-25)20-9-10-22(26-3)23(16-20)27-17-19-7-5-4-6-8-19/h4-10,16,18,21,24H,11-15,17H2,1-3H3/t21-/m0/s1. The molecule has 27 heavy (non-hydrogen) atoms. The molecule has 1 atom stereocenters. The lowest BCUT2D eigenvalue weighted by Gasteiger charge is -2.36. The second-order valence-corrected chi connectivity index (χ2v) is 7.62. The summed E-state index contributed by atoms with van der Waals surface area (Å²) in [6.07, 6.45) is 1.14. The molecule has 1 saturated heterocycles. The number of benzene rings is 2. The van der Waals surface area contributed by atoms with Crippen LogP contribution in [-0.4, -0.2) is 38.2 Å². The molecule has 2 aromatic rings. The van der Waals surface area contributed by atoms with Gasteiger partial charge >= 0.3 is 0 Å². The molecule has 1 heterocycles. The largest absolute Gasteiger partial charge is 0.493 e. The van der Waals surface area contributed by atoms with Gasteiger partial charge in [0.15, 0.2) is 11.5 Å². The molecule has 1 fully saturated rings. The minimum atomic E-state index is 0.414. The van der Waals surface area contributed by atoms with Crippen molar-refractivity contribution in [2.45, 2.75) is 32.9 Å². The molecule has 0 spiro atoms. The molecule has 0 amide bonds. The second-order valence-electron chi connectivity index (χ2n) is 7.62. The number of rotatable bonds is 8. The first-order valence-electron chi connectivity index (χ1n) is 9.97. The molecule has 0 unspecified atom stereocenters. The molecule has 0 saturated carbocycles. The van der Waals surface area contributed by atoms with Crippen LogP contribution in [0.4, 0.5) is 0 Å². The minimum absolute atomic E-state index is 0.414. The van der Waals surface area contributed by atoms with Crippen molar-refractivity contribution in [2.24, 2.45) is 5.92 Å². The zero-order valence-corrected chi connectivity index (χ0v) is 16.8. The van der Waals surface area contributed by atoms with Gasteiger partial charge in [0.1, 0.15) is 6.61 Å². The Morgan fingerprint density at radius 2 is 1.74 bits per heavy atom. The Bertz CT molecular complexity index is 697. The fraction of sp³-hybridized carbons (Fsp3) is 0.478. The average molecular weight is 369 g/mol. The maximum atomic E-state index is 6.14. The predicted octanol–water partition coefficient (Wildman–Crippen LogP) is 4.27. The smallest absolute Gasteiger partial charge is 0.161 e. The van der Waals surface area contributed by atoms with Crippen molar-refractivity contribution >= 4 is 0 Å². The van der Waals surface area contributed by atoms with Crippen molar-refractivity contribution in [3.63, 3.8) is 0 Å². The monoisotopic (exact) mass is 368 g/mol. The molecule has 3 rings (SSSR count). The maximum absolute atomic E-state index is 6.14. The van der Waals surface area contributed by atoms with E-state index in [1.807, 2.05) is 24.3 Å². The van der Waals surface area contributed by atoms with Crippen LogP contribution in [0, 0.1) is 5.92 Å². The lowest BCUT2D eigenvalue weighted by Crippen LogP contribution is -2.45. The second kappa shape index (κ2) is 9.77. The van der Waals surface area contributed by atoms with Crippen LogP contribution in [0.15, 0.2) is 48.5 Å². The van der Waals surface area contributed by atoms with Gasteiger partial charge in [0, 0.05) is 32.2 Å². The number of ether oxygens (including phenoxy) is 2. The Kier molecular flexibility index (Phi) is 7.13. The first-order valence-corrected chi connectivity index (χ1v) is 9.97. The summed E-state index contributed by atoms with van der Waals surface area (Å²) >= 11 is 0. The van der Waals surface area contributed by atoms with Crippen molar-refractivity contribution in [3.05, 3.63) is 59.7 Å². The number of piperazine rings is 1. The quantitative estimate of drug-likeness (QED) is 0.755. The van der Waals surface area contributed by atoms with Crippen LogP contribution in [0.2, 0.25) is 0 Å². The van der Waals surface area contributed by atoms with Gasteiger partial charge in [0.25, 0.3) is 0 Å². The minimum Gasteiger partial charge on any atom is -0.493 e. The number of methoxy groups -OCH3 is 1. The Labute approximate surface area is 163 Å². The summed E-state index contributed by atoms with van der Waals surface area (Å²) in [5.74, 6) is 2.25. The molecule has 0 radical (unpaired) electrons. The van der Waals surface area contributed by atoms with Gasteiger partial charge in [-0.1, -0.05) is 50.2 Å². The van der Waals surface area contributed by atoms with E-state index in [1.54, 1.807) is 7.11 Å². The van der Waals surface area contributed by atoms with E-state index in [1.165, 1.54) is 5.56 Å². The van der Waals surface area contributed by atoms with Gasteiger partial charge in [-0.15, -0.1) is 0 Å². The number of nitrogens with one attached hydrogen (secondary N) is 1. The zero-order chi connectivity index (χ0) is 19.1. The van der Waals surface area contributed by atoms with Crippen LogP contribution in [-0.2, 0) is 6.61 Å². The maximum Gasteiger partial charge on any atom is 0.161 e. The van der Waals surface area contributed by atoms with Crippen LogP contribution >= 0.6 is 0 Å². The number of nitrogens with zero attached hydrogens (tertiary/aromatic N) is 1. The van der Waals surface area contributed by atoms with Gasteiger partial charge in [0.05, 0.1) is 7.11 Å². The molecule has 146 valence electrons. The van der Waals surface area contributed by atoms with Gasteiger partial charge in [-0.25, -0.2) is 0 Å². The fourth-order valence-corrected chi connectivity index (χ4v) is 3.68. The van der Waals surface area contributed by atoms with Crippen molar-refractivity contribution < 1.29 is 9.47 Å². The zero-order valence-electron chi connectivity index (χ0n) is 16.8. The van der Waals surface area contributed by atoms with Gasteiger partial charge in [-0.2, -0.15) is 0 Å². The van der Waals surface area contributed by atoms with Gasteiger partial charge in [0.2, 0.25) is 0 Å². The van der Waals surface area contributed by atoms with Crippen molar-refractivity contribution in [3.8, 4) is 11.5 Å². The normalized spacial score (nSPS) is 16.3.